The number of hydrogen-bond donors (Lipinski definition) is 0. The second-order valence-electron chi connectivity index (χ2n) is 11.2. The van der Waals surface area contributed by atoms with Gasteiger partial charge in [0.25, 0.3) is 0 Å². The minimum atomic E-state index is -1.05. The predicted octanol–water partition coefficient (Wildman–Crippen LogP) is 5.38. The molecule has 2 aliphatic carbocycles. The van der Waals surface area contributed by atoms with E-state index in [1.165, 1.54) is 42.5 Å². The maximum atomic E-state index is 13.3. The fourth-order valence-electron chi connectivity index (χ4n) is 6.31. The maximum absolute atomic E-state index is 13.3. The standard InChI is InChI=1S/C30H29Cl2NO7/c1-15(2)11-23(33-27(35)25-17-3-4-18(12-17)26(25)28(33)36)30(38)39-14-24(34)16-5-8-20(9-6-16)40-29(37)19-7-10-21(31)22(32)13-19/h5-10,13,15,17-18,23,25-26H,3-4,11-12,14H2,1-2H3. The minimum absolute atomic E-state index is 0.0187. The number of hydrogen-bond acceptors (Lipinski definition) is 7. The number of nitrogens with zero attached hydrogens (tertiary/aromatic N) is 1. The second-order valence-corrected chi connectivity index (χ2v) is 12.0. The highest BCUT2D eigenvalue weighted by molar-refractivity contribution is 6.42. The van der Waals surface area contributed by atoms with E-state index in [9.17, 15) is 24.0 Å². The highest BCUT2D eigenvalue weighted by Gasteiger charge is 2.62. The average Bonchev–Trinajstić information content (AvgIpc) is 3.61. The molecule has 2 saturated carbocycles. The van der Waals surface area contributed by atoms with Crippen LogP contribution in [0.5, 0.6) is 5.75 Å². The first kappa shape index (κ1) is 28.3. The van der Waals surface area contributed by atoms with Crippen LogP contribution in [0.2, 0.25) is 10.0 Å². The summed E-state index contributed by atoms with van der Waals surface area (Å²) in [6.07, 6.45) is 3.06. The third-order valence-electron chi connectivity index (χ3n) is 8.13. The number of carbonyl (C=O) groups excluding carboxylic acids is 5. The zero-order valence-corrected chi connectivity index (χ0v) is 23.6. The van der Waals surface area contributed by atoms with Crippen molar-refractivity contribution in [2.24, 2.45) is 29.6 Å². The number of benzene rings is 2. The highest BCUT2D eigenvalue weighted by atomic mass is 35.5. The van der Waals surface area contributed by atoms with Gasteiger partial charge in [0.05, 0.1) is 27.4 Å². The summed E-state index contributed by atoms with van der Waals surface area (Å²) in [6, 6.07) is 9.09. The lowest BCUT2D eigenvalue weighted by Gasteiger charge is -2.27. The van der Waals surface area contributed by atoms with Gasteiger partial charge in [-0.1, -0.05) is 37.0 Å². The van der Waals surface area contributed by atoms with Crippen LogP contribution in [-0.2, 0) is 19.1 Å². The van der Waals surface area contributed by atoms with Gasteiger partial charge in [-0.15, -0.1) is 0 Å². The molecule has 1 aliphatic heterocycles. The molecule has 40 heavy (non-hydrogen) atoms. The Morgan fingerprint density at radius 3 is 2.08 bits per heavy atom. The number of amides is 2. The number of ketones is 1. The normalized spacial score (nSPS) is 23.9. The molecule has 5 unspecified atom stereocenters. The fraction of sp³-hybridized carbons (Fsp3) is 0.433. The maximum Gasteiger partial charge on any atom is 0.343 e. The summed E-state index contributed by atoms with van der Waals surface area (Å²) in [7, 11) is 0. The predicted molar refractivity (Wildman–Crippen MR) is 146 cm³/mol. The molecule has 0 radical (unpaired) electrons. The van der Waals surface area contributed by atoms with Crippen molar-refractivity contribution in [2.75, 3.05) is 6.61 Å². The van der Waals surface area contributed by atoms with E-state index in [1.807, 2.05) is 13.8 Å². The Balaban J connectivity index is 1.20. The van der Waals surface area contributed by atoms with Crippen molar-refractivity contribution in [3.05, 3.63) is 63.6 Å². The van der Waals surface area contributed by atoms with E-state index in [0.29, 0.717) is 5.02 Å². The number of carbonyl (C=O) groups is 5. The molecule has 5 rings (SSSR count). The molecule has 3 fully saturated rings. The number of Topliss-reactive ketones (excluding diaryl/α,β-unsaturated/α-hetero) is 1. The van der Waals surface area contributed by atoms with Crippen molar-refractivity contribution >= 4 is 52.7 Å². The molecule has 2 aromatic carbocycles. The summed E-state index contributed by atoms with van der Waals surface area (Å²) >= 11 is 11.8. The molecular weight excluding hydrogens is 557 g/mol. The van der Waals surface area contributed by atoms with Crippen molar-refractivity contribution < 1.29 is 33.4 Å². The molecule has 3 aliphatic rings. The summed E-state index contributed by atoms with van der Waals surface area (Å²) in [5.74, 6) is -2.47. The number of imide groups is 1. The highest BCUT2D eigenvalue weighted by Crippen LogP contribution is 2.56. The molecule has 2 bridgehead atoms. The monoisotopic (exact) mass is 585 g/mol. The molecule has 210 valence electrons. The lowest BCUT2D eigenvalue weighted by molar-refractivity contribution is -0.159. The number of halogens is 2. The summed E-state index contributed by atoms with van der Waals surface area (Å²) in [5, 5.41) is 0.529. The average molecular weight is 586 g/mol. The first-order valence-corrected chi connectivity index (χ1v) is 14.1. The van der Waals surface area contributed by atoms with E-state index in [0.717, 1.165) is 24.2 Å². The Kier molecular flexibility index (Phi) is 8.02. The van der Waals surface area contributed by atoms with Crippen LogP contribution in [0.3, 0.4) is 0 Å². The minimum Gasteiger partial charge on any atom is -0.456 e. The van der Waals surface area contributed by atoms with E-state index >= 15 is 0 Å². The van der Waals surface area contributed by atoms with Crippen LogP contribution >= 0.6 is 23.2 Å². The van der Waals surface area contributed by atoms with E-state index in [4.69, 9.17) is 32.7 Å². The molecule has 1 heterocycles. The lowest BCUT2D eigenvalue weighted by atomic mass is 9.81. The van der Waals surface area contributed by atoms with Gasteiger partial charge in [0.1, 0.15) is 11.8 Å². The number of rotatable bonds is 9. The lowest BCUT2D eigenvalue weighted by Crippen LogP contribution is -2.48. The van der Waals surface area contributed by atoms with Gasteiger partial charge in [-0.3, -0.25) is 19.3 Å². The number of ether oxygens (including phenoxy) is 2. The van der Waals surface area contributed by atoms with Gasteiger partial charge in [-0.25, -0.2) is 9.59 Å². The van der Waals surface area contributed by atoms with Crippen LogP contribution in [0.25, 0.3) is 0 Å². The quantitative estimate of drug-likeness (QED) is 0.168. The number of likely N-dealkylation sites (tertiary alicyclic amines) is 1. The van der Waals surface area contributed by atoms with Crippen molar-refractivity contribution in [1.82, 2.24) is 4.90 Å². The van der Waals surface area contributed by atoms with Gasteiger partial charge >= 0.3 is 11.9 Å². The Bertz CT molecular complexity index is 1340. The van der Waals surface area contributed by atoms with Gasteiger partial charge < -0.3 is 9.47 Å². The SMILES string of the molecule is CC(C)CC(C(=O)OCC(=O)c1ccc(OC(=O)c2ccc(Cl)c(Cl)c2)cc1)N1C(=O)C2C3CCC(C3)C2C1=O. The number of esters is 2. The van der Waals surface area contributed by atoms with Crippen LogP contribution in [0.15, 0.2) is 42.5 Å². The molecule has 2 amide bonds. The molecule has 0 aromatic heterocycles. The molecule has 0 N–H and O–H groups in total. The Labute approximate surface area is 241 Å². The van der Waals surface area contributed by atoms with Gasteiger partial charge in [-0.05, 0) is 85.9 Å². The van der Waals surface area contributed by atoms with Crippen molar-refractivity contribution in [2.45, 2.75) is 45.6 Å². The zero-order valence-electron chi connectivity index (χ0n) is 22.1. The Hall–Kier alpha value is -3.23. The Morgan fingerprint density at radius 2 is 1.50 bits per heavy atom. The number of fused-ring (bicyclic) bond motifs is 5. The summed E-state index contributed by atoms with van der Waals surface area (Å²) in [5.41, 5.74) is 0.450. The van der Waals surface area contributed by atoms with Crippen LogP contribution in [0, 0.1) is 29.6 Å². The fourth-order valence-corrected chi connectivity index (χ4v) is 6.60. The topological polar surface area (TPSA) is 107 Å². The first-order valence-electron chi connectivity index (χ1n) is 13.4. The molecule has 10 heteroatoms. The Morgan fingerprint density at radius 1 is 0.900 bits per heavy atom. The van der Waals surface area contributed by atoms with Gasteiger partial charge in [0.2, 0.25) is 11.8 Å². The summed E-state index contributed by atoms with van der Waals surface area (Å²) in [6.45, 7) is 3.25. The first-order chi connectivity index (χ1) is 19.0. The second kappa shape index (κ2) is 11.3. The van der Waals surface area contributed by atoms with E-state index < -0.39 is 30.4 Å². The smallest absolute Gasteiger partial charge is 0.343 e. The molecular formula is C30H29Cl2NO7. The van der Waals surface area contributed by atoms with E-state index in [1.54, 1.807) is 0 Å². The molecule has 0 spiro atoms. The van der Waals surface area contributed by atoms with E-state index in [-0.39, 0.29) is 69.7 Å². The van der Waals surface area contributed by atoms with Crippen molar-refractivity contribution in [3.63, 3.8) is 0 Å². The van der Waals surface area contributed by atoms with Crippen LogP contribution in [-0.4, -0.2) is 47.1 Å². The summed E-state index contributed by atoms with van der Waals surface area (Å²) in [4.78, 5) is 66.0. The molecule has 8 nitrogen and oxygen atoms in total. The van der Waals surface area contributed by atoms with Gasteiger partial charge in [0.15, 0.2) is 12.4 Å². The molecule has 1 saturated heterocycles. The van der Waals surface area contributed by atoms with Crippen molar-refractivity contribution in [1.29, 1.82) is 0 Å². The summed E-state index contributed by atoms with van der Waals surface area (Å²) < 4.78 is 10.7. The zero-order chi connectivity index (χ0) is 28.7. The van der Waals surface area contributed by atoms with Gasteiger partial charge in [-0.2, -0.15) is 0 Å². The van der Waals surface area contributed by atoms with Crippen LogP contribution in [0.4, 0.5) is 0 Å². The van der Waals surface area contributed by atoms with Crippen LogP contribution < -0.4 is 4.74 Å². The van der Waals surface area contributed by atoms with Crippen LogP contribution in [0.1, 0.15) is 60.2 Å². The largest absolute Gasteiger partial charge is 0.456 e. The van der Waals surface area contributed by atoms with E-state index in [2.05, 4.69) is 0 Å². The molecule has 2 aromatic rings. The molecule has 5 atom stereocenters. The van der Waals surface area contributed by atoms with Crippen molar-refractivity contribution in [3.8, 4) is 5.75 Å². The van der Waals surface area contributed by atoms with Gasteiger partial charge in [0, 0.05) is 5.56 Å². The third-order valence-corrected chi connectivity index (χ3v) is 8.87. The third kappa shape index (κ3) is 5.39.